The quantitative estimate of drug-likeness (QED) is 0.436. The molecule has 1 N–H and O–H groups in total. The zero-order valence-corrected chi connectivity index (χ0v) is 16.1. The molecule has 25 heavy (non-hydrogen) atoms. The van der Waals surface area contributed by atoms with Crippen molar-refractivity contribution in [3.63, 3.8) is 0 Å². The van der Waals surface area contributed by atoms with E-state index in [0.717, 1.165) is 25.1 Å². The maximum Gasteiger partial charge on any atom is 0.162 e. The van der Waals surface area contributed by atoms with Crippen molar-refractivity contribution < 1.29 is 19.4 Å². The van der Waals surface area contributed by atoms with Gasteiger partial charge in [-0.15, -0.1) is 0 Å². The van der Waals surface area contributed by atoms with Crippen LogP contribution in [0.4, 0.5) is 0 Å². The standard InChI is InChI=1S/C20H33NO4/c1-5-11-24-14-17-12-16(19(23)6-2)9-10-20(17)25-15-18(22)13-21(7-3)8-4/h9-10,12,18,22H,5-8,11,13-15H2,1-4H3. The summed E-state index contributed by atoms with van der Waals surface area (Å²) in [5.41, 5.74) is 1.52. The van der Waals surface area contributed by atoms with Crippen LogP contribution in [-0.4, -0.2) is 54.7 Å². The highest BCUT2D eigenvalue weighted by molar-refractivity contribution is 5.96. The molecular weight excluding hydrogens is 318 g/mol. The minimum Gasteiger partial charge on any atom is -0.490 e. The Hall–Kier alpha value is -1.43. The van der Waals surface area contributed by atoms with Crippen LogP contribution in [0.2, 0.25) is 0 Å². The molecule has 0 aromatic heterocycles. The smallest absolute Gasteiger partial charge is 0.162 e. The molecule has 1 rings (SSSR count). The third-order valence-corrected chi connectivity index (χ3v) is 4.10. The molecule has 0 bridgehead atoms. The fourth-order valence-corrected chi connectivity index (χ4v) is 2.56. The first-order chi connectivity index (χ1) is 12.0. The van der Waals surface area contributed by atoms with E-state index in [1.807, 2.05) is 13.0 Å². The molecule has 0 saturated carbocycles. The van der Waals surface area contributed by atoms with Gasteiger partial charge in [-0.25, -0.2) is 0 Å². The molecule has 5 nitrogen and oxygen atoms in total. The Bertz CT molecular complexity index is 514. The van der Waals surface area contributed by atoms with E-state index in [1.54, 1.807) is 12.1 Å². The Balaban J connectivity index is 2.76. The summed E-state index contributed by atoms with van der Waals surface area (Å²) in [7, 11) is 0. The van der Waals surface area contributed by atoms with Gasteiger partial charge in [0.15, 0.2) is 5.78 Å². The second-order valence-electron chi connectivity index (χ2n) is 6.10. The summed E-state index contributed by atoms with van der Waals surface area (Å²) in [4.78, 5) is 14.1. The topological polar surface area (TPSA) is 59.0 Å². The molecule has 5 heteroatoms. The van der Waals surface area contributed by atoms with Gasteiger partial charge in [0.05, 0.1) is 6.61 Å². The number of benzene rings is 1. The molecule has 0 aliphatic rings. The molecule has 1 aromatic carbocycles. The minimum absolute atomic E-state index is 0.102. The van der Waals surface area contributed by atoms with E-state index in [0.29, 0.717) is 37.5 Å². The van der Waals surface area contributed by atoms with E-state index >= 15 is 0 Å². The van der Waals surface area contributed by atoms with Gasteiger partial charge in [-0.1, -0.05) is 27.7 Å². The third kappa shape index (κ3) is 7.55. The van der Waals surface area contributed by atoms with Crippen molar-refractivity contribution in [3.8, 4) is 5.75 Å². The van der Waals surface area contributed by atoms with Crippen molar-refractivity contribution in [1.82, 2.24) is 4.90 Å². The Labute approximate surface area is 151 Å². The van der Waals surface area contributed by atoms with Crippen LogP contribution in [0.1, 0.15) is 56.5 Å². The predicted octanol–water partition coefficient (Wildman–Crippen LogP) is 3.29. The molecule has 0 heterocycles. The molecule has 142 valence electrons. The molecule has 1 unspecified atom stereocenters. The third-order valence-electron chi connectivity index (χ3n) is 4.10. The lowest BCUT2D eigenvalue weighted by Gasteiger charge is -2.22. The number of ether oxygens (including phenoxy) is 2. The first-order valence-electron chi connectivity index (χ1n) is 9.32. The van der Waals surface area contributed by atoms with E-state index < -0.39 is 6.10 Å². The summed E-state index contributed by atoms with van der Waals surface area (Å²) >= 11 is 0. The second kappa shape index (κ2) is 12.0. The van der Waals surface area contributed by atoms with Gasteiger partial charge < -0.3 is 19.5 Å². The number of likely N-dealkylation sites (N-methyl/N-ethyl adjacent to an activating group) is 1. The number of hydrogen-bond donors (Lipinski definition) is 1. The highest BCUT2D eigenvalue weighted by Gasteiger charge is 2.13. The zero-order valence-electron chi connectivity index (χ0n) is 16.1. The van der Waals surface area contributed by atoms with Gasteiger partial charge in [0.2, 0.25) is 0 Å². The molecule has 0 spiro atoms. The molecule has 0 aliphatic carbocycles. The molecular formula is C20H33NO4. The minimum atomic E-state index is -0.554. The van der Waals surface area contributed by atoms with E-state index in [9.17, 15) is 9.90 Å². The van der Waals surface area contributed by atoms with Crippen LogP contribution in [0.3, 0.4) is 0 Å². The molecule has 1 atom stereocenters. The van der Waals surface area contributed by atoms with Crippen LogP contribution in [0.25, 0.3) is 0 Å². The van der Waals surface area contributed by atoms with Crippen molar-refractivity contribution in [1.29, 1.82) is 0 Å². The van der Waals surface area contributed by atoms with Gasteiger partial charge in [-0.2, -0.15) is 0 Å². The van der Waals surface area contributed by atoms with Gasteiger partial charge in [0, 0.05) is 30.7 Å². The number of aliphatic hydroxyl groups is 1. The summed E-state index contributed by atoms with van der Waals surface area (Å²) in [6.45, 7) is 11.7. The van der Waals surface area contributed by atoms with E-state index in [1.165, 1.54) is 0 Å². The summed E-state index contributed by atoms with van der Waals surface area (Å²) < 4.78 is 11.4. The van der Waals surface area contributed by atoms with E-state index in [-0.39, 0.29) is 12.4 Å². The maximum atomic E-state index is 11.9. The van der Waals surface area contributed by atoms with Gasteiger partial charge in [-0.05, 0) is 37.7 Å². The SMILES string of the molecule is CCCOCc1cc(C(=O)CC)ccc1OCC(O)CN(CC)CC. The summed E-state index contributed by atoms with van der Waals surface area (Å²) in [6, 6.07) is 5.42. The van der Waals surface area contributed by atoms with Crippen LogP contribution < -0.4 is 4.74 Å². The van der Waals surface area contributed by atoms with Crippen molar-refractivity contribution in [3.05, 3.63) is 29.3 Å². The van der Waals surface area contributed by atoms with Crippen LogP contribution >= 0.6 is 0 Å². The van der Waals surface area contributed by atoms with Gasteiger partial charge in [0.25, 0.3) is 0 Å². The molecule has 0 saturated heterocycles. The Morgan fingerprint density at radius 1 is 1.20 bits per heavy atom. The summed E-state index contributed by atoms with van der Waals surface area (Å²) in [5.74, 6) is 0.771. The van der Waals surface area contributed by atoms with E-state index in [2.05, 4.69) is 25.7 Å². The highest BCUT2D eigenvalue weighted by atomic mass is 16.5. The van der Waals surface area contributed by atoms with Gasteiger partial charge >= 0.3 is 0 Å². The lowest BCUT2D eigenvalue weighted by molar-refractivity contribution is 0.0690. The van der Waals surface area contributed by atoms with Gasteiger partial charge in [-0.3, -0.25) is 4.79 Å². The monoisotopic (exact) mass is 351 g/mol. The number of rotatable bonds is 13. The Morgan fingerprint density at radius 3 is 2.52 bits per heavy atom. The van der Waals surface area contributed by atoms with E-state index in [4.69, 9.17) is 9.47 Å². The van der Waals surface area contributed by atoms with Crippen LogP contribution in [0.5, 0.6) is 5.75 Å². The number of carbonyl (C=O) groups is 1. The van der Waals surface area contributed by atoms with Crippen LogP contribution in [0, 0.1) is 0 Å². The van der Waals surface area contributed by atoms with Gasteiger partial charge in [0.1, 0.15) is 18.5 Å². The average Bonchev–Trinajstić information content (AvgIpc) is 2.64. The number of aliphatic hydroxyl groups excluding tert-OH is 1. The second-order valence-corrected chi connectivity index (χ2v) is 6.10. The van der Waals surface area contributed by atoms with Crippen molar-refractivity contribution in [2.45, 2.75) is 53.2 Å². The number of nitrogens with zero attached hydrogens (tertiary/aromatic N) is 1. The highest BCUT2D eigenvalue weighted by Crippen LogP contribution is 2.22. The first-order valence-corrected chi connectivity index (χ1v) is 9.32. The van der Waals surface area contributed by atoms with Crippen molar-refractivity contribution >= 4 is 5.78 Å². The molecule has 1 aromatic rings. The van der Waals surface area contributed by atoms with Crippen molar-refractivity contribution in [2.24, 2.45) is 0 Å². The number of carbonyl (C=O) groups excluding carboxylic acids is 1. The fraction of sp³-hybridized carbons (Fsp3) is 0.650. The predicted molar refractivity (Wildman–Crippen MR) is 100 cm³/mol. The number of Topliss-reactive ketones (excluding diaryl/α,β-unsaturated/α-hetero) is 1. The van der Waals surface area contributed by atoms with Crippen LogP contribution in [-0.2, 0) is 11.3 Å². The largest absolute Gasteiger partial charge is 0.490 e. The van der Waals surface area contributed by atoms with Crippen LogP contribution in [0.15, 0.2) is 18.2 Å². The molecule has 0 amide bonds. The molecule has 0 fully saturated rings. The maximum absolute atomic E-state index is 11.9. The zero-order chi connectivity index (χ0) is 18.7. The Morgan fingerprint density at radius 2 is 1.92 bits per heavy atom. The average molecular weight is 351 g/mol. The Kier molecular flexibility index (Phi) is 10.4. The summed E-state index contributed by atoms with van der Waals surface area (Å²) in [5, 5.41) is 10.2. The fourth-order valence-electron chi connectivity index (χ4n) is 2.56. The first kappa shape index (κ1) is 21.6. The normalized spacial score (nSPS) is 12.4. The lowest BCUT2D eigenvalue weighted by atomic mass is 10.1. The molecule has 0 radical (unpaired) electrons. The summed E-state index contributed by atoms with van der Waals surface area (Å²) in [6.07, 6.45) is 0.853. The number of hydrogen-bond acceptors (Lipinski definition) is 5. The van der Waals surface area contributed by atoms with Crippen molar-refractivity contribution in [2.75, 3.05) is 32.8 Å². The number of ketones is 1. The molecule has 0 aliphatic heterocycles. The lowest BCUT2D eigenvalue weighted by Crippen LogP contribution is -2.35.